The lowest BCUT2D eigenvalue weighted by Gasteiger charge is -2.14. The lowest BCUT2D eigenvalue weighted by molar-refractivity contribution is 0.200. The molecule has 2 N–H and O–H groups in total. The largest absolute Gasteiger partial charge is 0.487 e. The highest BCUT2D eigenvalue weighted by atomic mass is 19.1. The predicted molar refractivity (Wildman–Crippen MR) is 58.4 cm³/mol. The number of hydrogen-bond donors (Lipinski definition) is 1. The zero-order chi connectivity index (χ0) is 10.8. The van der Waals surface area contributed by atoms with E-state index in [-0.39, 0.29) is 11.9 Å². The first-order chi connectivity index (χ1) is 7.16. The number of halogens is 1. The average Bonchev–Trinajstić information content (AvgIpc) is 2.67. The first-order valence-corrected chi connectivity index (χ1v) is 5.39. The maximum Gasteiger partial charge on any atom is 0.167 e. The first-order valence-electron chi connectivity index (χ1n) is 5.39. The zero-order valence-corrected chi connectivity index (χ0v) is 8.92. The van der Waals surface area contributed by atoms with Crippen LogP contribution < -0.4 is 10.5 Å². The third-order valence-corrected chi connectivity index (χ3v) is 2.92. The van der Waals surface area contributed by atoms with Crippen LogP contribution in [0.1, 0.15) is 31.2 Å². The first kappa shape index (κ1) is 10.3. The van der Waals surface area contributed by atoms with E-state index in [1.165, 1.54) is 18.9 Å². The molecule has 0 radical (unpaired) electrons. The van der Waals surface area contributed by atoms with E-state index >= 15 is 0 Å². The molecular formula is C12H16FNO. The van der Waals surface area contributed by atoms with E-state index in [1.54, 1.807) is 6.07 Å². The van der Waals surface area contributed by atoms with E-state index in [1.807, 2.05) is 6.92 Å². The van der Waals surface area contributed by atoms with Gasteiger partial charge < -0.3 is 10.5 Å². The molecular weight excluding hydrogens is 193 g/mol. The van der Waals surface area contributed by atoms with Crippen LogP contribution >= 0.6 is 0 Å². The highest BCUT2D eigenvalue weighted by Crippen LogP contribution is 2.28. The minimum absolute atomic E-state index is 0.183. The topological polar surface area (TPSA) is 35.2 Å². The average molecular weight is 209 g/mol. The number of hydrogen-bond acceptors (Lipinski definition) is 2. The van der Waals surface area contributed by atoms with Gasteiger partial charge in [-0.1, -0.05) is 0 Å². The molecule has 0 amide bonds. The van der Waals surface area contributed by atoms with Gasteiger partial charge in [0.05, 0.1) is 6.10 Å². The summed E-state index contributed by atoms with van der Waals surface area (Å²) in [5, 5.41) is 0. The Hall–Kier alpha value is -1.25. The van der Waals surface area contributed by atoms with E-state index in [4.69, 9.17) is 10.5 Å². The summed E-state index contributed by atoms with van der Waals surface area (Å²) in [6, 6.07) is 3.02. The molecule has 1 aromatic carbocycles. The molecule has 0 heterocycles. The molecule has 3 heteroatoms. The van der Waals surface area contributed by atoms with Crippen LogP contribution in [-0.2, 0) is 0 Å². The molecule has 0 spiro atoms. The lowest BCUT2D eigenvalue weighted by atomic mass is 10.2. The van der Waals surface area contributed by atoms with Crippen LogP contribution in [-0.4, -0.2) is 6.10 Å². The summed E-state index contributed by atoms with van der Waals surface area (Å²) in [6.45, 7) is 1.86. The Bertz CT molecular complexity index is 359. The number of aryl methyl sites for hydroxylation is 1. The lowest BCUT2D eigenvalue weighted by Crippen LogP contribution is -2.12. The summed E-state index contributed by atoms with van der Waals surface area (Å²) in [5.41, 5.74) is 6.95. The summed E-state index contributed by atoms with van der Waals surface area (Å²) in [5.74, 6) is -0.0152. The summed E-state index contributed by atoms with van der Waals surface area (Å²) >= 11 is 0. The van der Waals surface area contributed by atoms with Crippen LogP contribution in [0.15, 0.2) is 12.1 Å². The van der Waals surface area contributed by atoms with Crippen molar-refractivity contribution >= 4 is 5.69 Å². The highest BCUT2D eigenvalue weighted by Gasteiger charge is 2.18. The van der Waals surface area contributed by atoms with Gasteiger partial charge in [-0.15, -0.1) is 0 Å². The van der Waals surface area contributed by atoms with Crippen molar-refractivity contribution in [1.82, 2.24) is 0 Å². The van der Waals surface area contributed by atoms with Crippen LogP contribution in [0.4, 0.5) is 10.1 Å². The normalized spacial score (nSPS) is 16.9. The highest BCUT2D eigenvalue weighted by molar-refractivity contribution is 5.50. The molecule has 0 saturated heterocycles. The number of nitrogen functional groups attached to an aromatic ring is 1. The Kier molecular flexibility index (Phi) is 2.80. The molecule has 1 saturated carbocycles. The summed E-state index contributed by atoms with van der Waals surface area (Å²) in [4.78, 5) is 0. The molecule has 15 heavy (non-hydrogen) atoms. The fraction of sp³-hybridized carbons (Fsp3) is 0.500. The molecule has 1 aliphatic carbocycles. The van der Waals surface area contributed by atoms with Crippen LogP contribution in [0.5, 0.6) is 5.75 Å². The van der Waals surface area contributed by atoms with E-state index in [9.17, 15) is 4.39 Å². The maximum atomic E-state index is 13.5. The van der Waals surface area contributed by atoms with E-state index in [2.05, 4.69) is 0 Å². The number of anilines is 1. The minimum atomic E-state index is -0.356. The Morgan fingerprint density at radius 3 is 2.67 bits per heavy atom. The van der Waals surface area contributed by atoms with Gasteiger partial charge in [0.2, 0.25) is 0 Å². The zero-order valence-electron chi connectivity index (χ0n) is 8.92. The van der Waals surface area contributed by atoms with Gasteiger partial charge >= 0.3 is 0 Å². The van der Waals surface area contributed by atoms with E-state index in [0.29, 0.717) is 11.4 Å². The Labute approximate surface area is 89.2 Å². The molecule has 0 bridgehead atoms. The molecule has 2 nitrogen and oxygen atoms in total. The quantitative estimate of drug-likeness (QED) is 0.760. The van der Waals surface area contributed by atoms with Gasteiger partial charge in [0, 0.05) is 11.8 Å². The number of rotatable bonds is 2. The van der Waals surface area contributed by atoms with Gasteiger partial charge in [0.25, 0.3) is 0 Å². The van der Waals surface area contributed by atoms with Crippen molar-refractivity contribution in [2.45, 2.75) is 38.7 Å². The van der Waals surface area contributed by atoms with Gasteiger partial charge in [-0.2, -0.15) is 0 Å². The van der Waals surface area contributed by atoms with Gasteiger partial charge in [-0.3, -0.25) is 0 Å². The molecule has 1 aliphatic rings. The van der Waals surface area contributed by atoms with Crippen molar-refractivity contribution in [1.29, 1.82) is 0 Å². The second kappa shape index (κ2) is 4.09. The summed E-state index contributed by atoms with van der Waals surface area (Å²) in [7, 11) is 0. The maximum absolute atomic E-state index is 13.5. The van der Waals surface area contributed by atoms with Gasteiger partial charge in [-0.05, 0) is 44.2 Å². The van der Waals surface area contributed by atoms with Crippen molar-refractivity contribution < 1.29 is 9.13 Å². The van der Waals surface area contributed by atoms with Gasteiger partial charge in [0.1, 0.15) is 0 Å². The summed E-state index contributed by atoms with van der Waals surface area (Å²) in [6.07, 6.45) is 4.61. The number of ether oxygens (including phenoxy) is 1. The Morgan fingerprint density at radius 2 is 2.00 bits per heavy atom. The molecule has 2 rings (SSSR count). The third kappa shape index (κ3) is 2.22. The standard InChI is InChI=1S/C12H16FNO/c1-8-6-12(10(13)7-11(8)14)15-9-4-2-3-5-9/h6-7,9H,2-5,14H2,1H3. The van der Waals surface area contributed by atoms with Crippen molar-refractivity contribution in [2.24, 2.45) is 0 Å². The molecule has 0 atom stereocenters. The molecule has 82 valence electrons. The second-order valence-electron chi connectivity index (χ2n) is 4.16. The monoisotopic (exact) mass is 209 g/mol. The van der Waals surface area contributed by atoms with Gasteiger partial charge in [-0.25, -0.2) is 4.39 Å². The Balaban J connectivity index is 2.16. The van der Waals surface area contributed by atoms with Crippen molar-refractivity contribution in [2.75, 3.05) is 5.73 Å². The fourth-order valence-corrected chi connectivity index (χ4v) is 1.95. The van der Waals surface area contributed by atoms with E-state index in [0.717, 1.165) is 18.4 Å². The predicted octanol–water partition coefficient (Wildman–Crippen LogP) is 3.04. The van der Waals surface area contributed by atoms with Crippen molar-refractivity contribution in [3.8, 4) is 5.75 Å². The van der Waals surface area contributed by atoms with Crippen LogP contribution in [0.25, 0.3) is 0 Å². The molecule has 1 aromatic rings. The van der Waals surface area contributed by atoms with Crippen LogP contribution in [0.2, 0.25) is 0 Å². The minimum Gasteiger partial charge on any atom is -0.487 e. The van der Waals surface area contributed by atoms with Crippen molar-refractivity contribution in [3.63, 3.8) is 0 Å². The second-order valence-corrected chi connectivity index (χ2v) is 4.16. The molecule has 1 fully saturated rings. The number of benzene rings is 1. The smallest absolute Gasteiger partial charge is 0.167 e. The molecule has 0 aliphatic heterocycles. The number of nitrogens with two attached hydrogens (primary N) is 1. The molecule has 0 unspecified atom stereocenters. The van der Waals surface area contributed by atoms with Crippen molar-refractivity contribution in [3.05, 3.63) is 23.5 Å². The summed E-state index contributed by atoms with van der Waals surface area (Å²) < 4.78 is 19.1. The molecule has 0 aromatic heterocycles. The third-order valence-electron chi connectivity index (χ3n) is 2.92. The van der Waals surface area contributed by atoms with Crippen LogP contribution in [0.3, 0.4) is 0 Å². The SMILES string of the molecule is Cc1cc(OC2CCCC2)c(F)cc1N. The van der Waals surface area contributed by atoms with Crippen LogP contribution in [0, 0.1) is 12.7 Å². The Morgan fingerprint density at radius 1 is 1.33 bits per heavy atom. The fourth-order valence-electron chi connectivity index (χ4n) is 1.95. The van der Waals surface area contributed by atoms with E-state index < -0.39 is 0 Å². The van der Waals surface area contributed by atoms with Gasteiger partial charge in [0.15, 0.2) is 11.6 Å².